The Bertz CT molecular complexity index is 905. The maximum atomic E-state index is 12.3. The lowest BCUT2D eigenvalue weighted by atomic mass is 10.1. The number of ether oxygens (including phenoxy) is 2. The van der Waals surface area contributed by atoms with E-state index in [0.717, 1.165) is 0 Å². The summed E-state index contributed by atoms with van der Waals surface area (Å²) >= 11 is 0. The highest BCUT2D eigenvalue weighted by molar-refractivity contribution is 5.92. The molecule has 2 aromatic carbocycles. The van der Waals surface area contributed by atoms with Crippen LogP contribution in [-0.2, 0) is 4.74 Å². The van der Waals surface area contributed by atoms with Gasteiger partial charge >= 0.3 is 5.97 Å². The predicted octanol–water partition coefficient (Wildman–Crippen LogP) is 3.49. The van der Waals surface area contributed by atoms with E-state index in [4.69, 9.17) is 19.7 Å². The number of hydrogen-bond donors (Lipinski definition) is 0. The molecule has 0 atom stereocenters. The number of carbonyl (C=O) groups excluding carboxylic acids is 1. The molecule has 1 heterocycles. The molecular formula is C18H17N3O4. The minimum atomic E-state index is -0.467. The zero-order valence-corrected chi connectivity index (χ0v) is 13.9. The van der Waals surface area contributed by atoms with E-state index in [9.17, 15) is 4.79 Å². The van der Waals surface area contributed by atoms with Crippen molar-refractivity contribution in [2.24, 2.45) is 0 Å². The number of hydrogen-bond acceptors (Lipinski definition) is 5. The summed E-state index contributed by atoms with van der Waals surface area (Å²) in [6.45, 7) is 2.01. The van der Waals surface area contributed by atoms with Gasteiger partial charge in [0.1, 0.15) is 17.2 Å². The molecule has 0 fully saturated rings. The van der Waals surface area contributed by atoms with Crippen LogP contribution in [-0.4, -0.2) is 25.0 Å². The fourth-order valence-electron chi connectivity index (χ4n) is 2.54. The van der Waals surface area contributed by atoms with E-state index in [0.29, 0.717) is 28.3 Å². The van der Waals surface area contributed by atoms with Crippen LogP contribution in [0.4, 0.5) is 5.88 Å². The van der Waals surface area contributed by atoms with Crippen LogP contribution in [0.3, 0.4) is 0 Å². The number of aromatic nitrogens is 2. The van der Waals surface area contributed by atoms with Crippen LogP contribution in [0.1, 0.15) is 17.3 Å². The molecule has 0 amide bonds. The van der Waals surface area contributed by atoms with Crippen LogP contribution in [0.2, 0.25) is 0 Å². The first-order chi connectivity index (χ1) is 12.2. The van der Waals surface area contributed by atoms with Gasteiger partial charge in [-0.25, -0.2) is 4.79 Å². The van der Waals surface area contributed by atoms with Gasteiger partial charge < -0.3 is 19.7 Å². The SMILES string of the molecule is CCOC(=O)c1ccccc1-[n+]1noc([NH-])c1-c1ccccc1OC. The van der Waals surface area contributed by atoms with Crippen molar-refractivity contribution >= 4 is 11.9 Å². The van der Waals surface area contributed by atoms with Crippen molar-refractivity contribution in [2.75, 3.05) is 13.7 Å². The van der Waals surface area contributed by atoms with Gasteiger partial charge in [-0.3, -0.25) is 0 Å². The molecule has 128 valence electrons. The molecule has 7 heteroatoms. The van der Waals surface area contributed by atoms with E-state index in [1.165, 1.54) is 4.68 Å². The Labute approximate surface area is 144 Å². The smallest absolute Gasteiger partial charge is 0.345 e. The fraction of sp³-hybridized carbons (Fsp3) is 0.167. The monoisotopic (exact) mass is 339 g/mol. The fourth-order valence-corrected chi connectivity index (χ4v) is 2.54. The quantitative estimate of drug-likeness (QED) is 0.524. The minimum Gasteiger partial charge on any atom is -0.660 e. The van der Waals surface area contributed by atoms with Crippen LogP contribution in [0, 0.1) is 0 Å². The molecule has 0 unspecified atom stereocenters. The van der Waals surface area contributed by atoms with Crippen LogP contribution in [0.15, 0.2) is 53.1 Å². The van der Waals surface area contributed by atoms with Gasteiger partial charge in [-0.2, -0.15) is 0 Å². The average molecular weight is 339 g/mol. The van der Waals surface area contributed by atoms with Gasteiger partial charge in [-0.15, -0.1) is 0 Å². The number of rotatable bonds is 5. The Morgan fingerprint density at radius 3 is 2.68 bits per heavy atom. The number of methoxy groups -OCH3 is 1. The van der Waals surface area contributed by atoms with Gasteiger partial charge in [0.25, 0.3) is 11.4 Å². The second kappa shape index (κ2) is 7.04. The van der Waals surface area contributed by atoms with Crippen molar-refractivity contribution < 1.29 is 23.5 Å². The normalized spacial score (nSPS) is 10.5. The molecule has 0 radical (unpaired) electrons. The average Bonchev–Trinajstić information content (AvgIpc) is 3.03. The second-order valence-electron chi connectivity index (χ2n) is 5.10. The van der Waals surface area contributed by atoms with Crippen molar-refractivity contribution in [3.63, 3.8) is 0 Å². The Hall–Kier alpha value is -3.35. The van der Waals surface area contributed by atoms with Crippen LogP contribution in [0.25, 0.3) is 22.7 Å². The van der Waals surface area contributed by atoms with Crippen molar-refractivity contribution in [3.8, 4) is 22.7 Å². The van der Waals surface area contributed by atoms with Crippen molar-refractivity contribution in [1.29, 1.82) is 0 Å². The van der Waals surface area contributed by atoms with Crippen molar-refractivity contribution in [3.05, 3.63) is 59.8 Å². The molecule has 0 bridgehead atoms. The standard InChI is InChI=1S/C18H17N3O4/c1-3-24-18(22)12-8-4-6-10-14(12)21-16(17(19)25-20-21)13-9-5-7-11-15(13)23-2/h4-11H,3H2,1-2H3,(H-,19,20). The summed E-state index contributed by atoms with van der Waals surface area (Å²) in [5.41, 5.74) is 9.90. The molecule has 0 saturated heterocycles. The van der Waals surface area contributed by atoms with E-state index < -0.39 is 5.97 Å². The molecule has 0 aliphatic carbocycles. The number of benzene rings is 2. The predicted molar refractivity (Wildman–Crippen MR) is 90.0 cm³/mol. The van der Waals surface area contributed by atoms with Gasteiger partial charge in [0.2, 0.25) is 5.27 Å². The Morgan fingerprint density at radius 2 is 1.92 bits per heavy atom. The first kappa shape index (κ1) is 16.5. The number of para-hydroxylation sites is 2. The van der Waals surface area contributed by atoms with Gasteiger partial charge in [-0.1, -0.05) is 24.3 Å². The maximum absolute atomic E-state index is 12.3. The first-order valence-corrected chi connectivity index (χ1v) is 7.71. The third-order valence-corrected chi connectivity index (χ3v) is 3.63. The largest absolute Gasteiger partial charge is 0.660 e. The zero-order valence-electron chi connectivity index (χ0n) is 13.9. The molecular weight excluding hydrogens is 322 g/mol. The lowest BCUT2D eigenvalue weighted by molar-refractivity contribution is -0.660. The van der Waals surface area contributed by atoms with Crippen molar-refractivity contribution in [1.82, 2.24) is 5.27 Å². The van der Waals surface area contributed by atoms with Gasteiger partial charge in [0, 0.05) is 6.07 Å². The van der Waals surface area contributed by atoms with Crippen LogP contribution < -0.4 is 9.42 Å². The number of carbonyl (C=O) groups is 1. The summed E-state index contributed by atoms with van der Waals surface area (Å²) in [6, 6.07) is 14.1. The van der Waals surface area contributed by atoms with Crippen molar-refractivity contribution in [2.45, 2.75) is 6.92 Å². The first-order valence-electron chi connectivity index (χ1n) is 7.71. The van der Waals surface area contributed by atoms with Crippen LogP contribution >= 0.6 is 0 Å². The molecule has 3 aromatic rings. The molecule has 0 saturated carbocycles. The third kappa shape index (κ3) is 3.03. The Morgan fingerprint density at radius 1 is 1.20 bits per heavy atom. The van der Waals surface area contributed by atoms with E-state index in [1.54, 1.807) is 50.4 Å². The zero-order chi connectivity index (χ0) is 17.8. The Balaban J connectivity index is 2.20. The highest BCUT2D eigenvalue weighted by Gasteiger charge is 2.30. The number of nitrogens with zero attached hydrogens (tertiary/aromatic N) is 2. The summed E-state index contributed by atoms with van der Waals surface area (Å²) in [6.07, 6.45) is 0. The molecule has 1 N–H and O–H groups in total. The highest BCUT2D eigenvalue weighted by atomic mass is 16.5. The van der Waals surface area contributed by atoms with Gasteiger partial charge in [-0.05, 0) is 29.8 Å². The summed E-state index contributed by atoms with van der Waals surface area (Å²) in [7, 11) is 1.55. The summed E-state index contributed by atoms with van der Waals surface area (Å²) < 4.78 is 17.0. The molecule has 3 rings (SSSR count). The highest BCUT2D eigenvalue weighted by Crippen LogP contribution is 2.34. The number of nitrogens with one attached hydrogen (secondary N) is 1. The lowest BCUT2D eigenvalue weighted by Gasteiger charge is -2.06. The topological polar surface area (TPSA) is 89.2 Å². The second-order valence-corrected chi connectivity index (χ2v) is 5.10. The molecule has 7 nitrogen and oxygen atoms in total. The van der Waals surface area contributed by atoms with Gasteiger partial charge in [0.15, 0.2) is 0 Å². The summed E-state index contributed by atoms with van der Waals surface area (Å²) in [5.74, 6) is -0.0316. The third-order valence-electron chi connectivity index (χ3n) is 3.63. The molecule has 0 aliphatic rings. The molecule has 0 spiro atoms. The van der Waals surface area contributed by atoms with E-state index in [1.807, 2.05) is 12.1 Å². The summed E-state index contributed by atoms with van der Waals surface area (Å²) in [4.78, 5) is 12.3. The molecule has 1 aromatic heterocycles. The lowest BCUT2D eigenvalue weighted by Crippen LogP contribution is -2.36. The Kier molecular flexibility index (Phi) is 4.65. The molecule has 0 aliphatic heterocycles. The van der Waals surface area contributed by atoms with E-state index in [-0.39, 0.29) is 12.5 Å². The molecule has 25 heavy (non-hydrogen) atoms. The van der Waals surface area contributed by atoms with Gasteiger partial charge in [0.05, 0.1) is 19.3 Å². The number of esters is 1. The minimum absolute atomic E-state index is 0.136. The maximum Gasteiger partial charge on any atom is 0.345 e. The van der Waals surface area contributed by atoms with E-state index >= 15 is 0 Å². The van der Waals surface area contributed by atoms with Crippen LogP contribution in [0.5, 0.6) is 5.75 Å². The van der Waals surface area contributed by atoms with E-state index in [2.05, 4.69) is 5.27 Å². The summed E-state index contributed by atoms with van der Waals surface area (Å²) in [5, 5.41) is 3.93.